The lowest BCUT2D eigenvalue weighted by Gasteiger charge is -2.03. The Kier molecular flexibility index (Phi) is 2.73. The van der Waals surface area contributed by atoms with Crippen molar-refractivity contribution in [3.05, 3.63) is 54.5 Å². The van der Waals surface area contributed by atoms with Crippen LogP contribution >= 0.6 is 0 Å². The Hall–Kier alpha value is -2.67. The van der Waals surface area contributed by atoms with Crippen molar-refractivity contribution in [3.8, 4) is 17.3 Å². The van der Waals surface area contributed by atoms with Crippen LogP contribution in [0.25, 0.3) is 17.0 Å². The highest BCUT2D eigenvalue weighted by Crippen LogP contribution is 2.21. The Morgan fingerprint density at radius 3 is 2.74 bits per heavy atom. The molecule has 19 heavy (non-hydrogen) atoms. The minimum Gasteiger partial charge on any atom is -0.291 e. The predicted octanol–water partition coefficient (Wildman–Crippen LogP) is 3.02. The van der Waals surface area contributed by atoms with Gasteiger partial charge in [0.25, 0.3) is 0 Å². The molecule has 0 aliphatic carbocycles. The van der Waals surface area contributed by atoms with Crippen molar-refractivity contribution in [3.63, 3.8) is 0 Å². The fourth-order valence-electron chi connectivity index (χ4n) is 1.99. The van der Waals surface area contributed by atoms with Gasteiger partial charge in [-0.15, -0.1) is 0 Å². The minimum atomic E-state index is -0.0863. The molecule has 1 aromatic carbocycles. The number of nitriles is 1. The molecule has 2 aromatic heterocycles. The largest absolute Gasteiger partial charge is 0.291 e. The third-order valence-electron chi connectivity index (χ3n) is 3.14. The van der Waals surface area contributed by atoms with Gasteiger partial charge in [-0.05, 0) is 18.6 Å². The highest BCUT2D eigenvalue weighted by atomic mass is 15.1. The molecule has 0 saturated heterocycles. The Balaban J connectivity index is 2.00. The molecule has 0 aliphatic rings. The zero-order chi connectivity index (χ0) is 13.2. The van der Waals surface area contributed by atoms with E-state index in [9.17, 15) is 0 Å². The van der Waals surface area contributed by atoms with Crippen LogP contribution in [0.5, 0.6) is 0 Å². The van der Waals surface area contributed by atoms with Crippen LogP contribution in [0.4, 0.5) is 0 Å². The zero-order valence-corrected chi connectivity index (χ0v) is 10.5. The summed E-state index contributed by atoms with van der Waals surface area (Å²) in [7, 11) is 0. The van der Waals surface area contributed by atoms with Gasteiger partial charge in [-0.2, -0.15) is 5.26 Å². The zero-order valence-electron chi connectivity index (χ0n) is 10.5. The van der Waals surface area contributed by atoms with E-state index in [-0.39, 0.29) is 5.92 Å². The van der Waals surface area contributed by atoms with Crippen molar-refractivity contribution >= 4 is 5.78 Å². The molecule has 0 N–H and O–H groups in total. The van der Waals surface area contributed by atoms with E-state index < -0.39 is 0 Å². The number of aromatic nitrogens is 3. The van der Waals surface area contributed by atoms with Gasteiger partial charge < -0.3 is 0 Å². The molecule has 2 heterocycles. The van der Waals surface area contributed by atoms with Crippen molar-refractivity contribution in [1.29, 1.82) is 5.26 Å². The number of benzene rings is 1. The summed E-state index contributed by atoms with van der Waals surface area (Å²) in [6, 6.07) is 12.0. The van der Waals surface area contributed by atoms with E-state index in [1.165, 1.54) is 0 Å². The van der Waals surface area contributed by atoms with Crippen molar-refractivity contribution < 1.29 is 0 Å². The lowest BCUT2D eigenvalue weighted by molar-refractivity contribution is 0.982. The van der Waals surface area contributed by atoms with Gasteiger partial charge in [-0.1, -0.05) is 24.3 Å². The topological polar surface area (TPSA) is 54.0 Å². The van der Waals surface area contributed by atoms with E-state index >= 15 is 0 Å². The summed E-state index contributed by atoms with van der Waals surface area (Å²) in [5.74, 6) is 0.601. The summed E-state index contributed by atoms with van der Waals surface area (Å²) in [6.45, 7) is 1.89. The van der Waals surface area contributed by atoms with Gasteiger partial charge in [0.1, 0.15) is 0 Å². The standard InChI is InChI=1S/C15H12N4/c1-11(9-16)12-3-5-13(6-4-12)14-10-19-8-2-7-17-15(19)18-14/h2-8,10-11H,1H3. The average Bonchev–Trinajstić information content (AvgIpc) is 2.90. The molecule has 1 unspecified atom stereocenters. The molecule has 3 rings (SSSR count). The molecule has 0 saturated carbocycles. The Labute approximate surface area is 111 Å². The van der Waals surface area contributed by atoms with Crippen LogP contribution in [0.1, 0.15) is 18.4 Å². The van der Waals surface area contributed by atoms with Crippen LogP contribution in [0.3, 0.4) is 0 Å². The summed E-state index contributed by atoms with van der Waals surface area (Å²) in [5.41, 5.74) is 2.93. The second kappa shape index (κ2) is 4.54. The first-order valence-electron chi connectivity index (χ1n) is 6.07. The fraction of sp³-hybridized carbons (Fsp3) is 0.133. The molecular weight excluding hydrogens is 236 g/mol. The Morgan fingerprint density at radius 1 is 1.26 bits per heavy atom. The van der Waals surface area contributed by atoms with Crippen LogP contribution in [0.15, 0.2) is 48.9 Å². The van der Waals surface area contributed by atoms with Crippen molar-refractivity contribution in [2.24, 2.45) is 0 Å². The molecule has 0 spiro atoms. The summed E-state index contributed by atoms with van der Waals surface area (Å²) in [6.07, 6.45) is 5.60. The second-order valence-corrected chi connectivity index (χ2v) is 4.43. The maximum absolute atomic E-state index is 8.90. The highest BCUT2D eigenvalue weighted by molar-refractivity contribution is 5.61. The first-order chi connectivity index (χ1) is 9.28. The van der Waals surface area contributed by atoms with E-state index in [2.05, 4.69) is 16.0 Å². The van der Waals surface area contributed by atoms with E-state index in [1.54, 1.807) is 6.20 Å². The first kappa shape index (κ1) is 11.4. The smallest absolute Gasteiger partial charge is 0.234 e. The van der Waals surface area contributed by atoms with Gasteiger partial charge in [0.15, 0.2) is 0 Å². The van der Waals surface area contributed by atoms with Gasteiger partial charge in [0.2, 0.25) is 5.78 Å². The van der Waals surface area contributed by atoms with Gasteiger partial charge in [0, 0.05) is 24.2 Å². The minimum absolute atomic E-state index is 0.0863. The normalized spacial score (nSPS) is 12.2. The van der Waals surface area contributed by atoms with Crippen molar-refractivity contribution in [2.75, 3.05) is 0 Å². The third kappa shape index (κ3) is 2.06. The molecule has 0 fully saturated rings. The second-order valence-electron chi connectivity index (χ2n) is 4.43. The van der Waals surface area contributed by atoms with Gasteiger partial charge in [-0.25, -0.2) is 9.97 Å². The fourth-order valence-corrected chi connectivity index (χ4v) is 1.99. The first-order valence-corrected chi connectivity index (χ1v) is 6.07. The molecule has 3 aromatic rings. The molecule has 1 atom stereocenters. The number of nitrogens with zero attached hydrogens (tertiary/aromatic N) is 4. The van der Waals surface area contributed by atoms with Gasteiger partial charge >= 0.3 is 0 Å². The van der Waals surface area contributed by atoms with E-state index in [0.717, 1.165) is 16.8 Å². The molecule has 4 heteroatoms. The quantitative estimate of drug-likeness (QED) is 0.700. The van der Waals surface area contributed by atoms with Gasteiger partial charge in [0.05, 0.1) is 17.7 Å². The van der Waals surface area contributed by atoms with Crippen LogP contribution in [-0.2, 0) is 0 Å². The monoisotopic (exact) mass is 248 g/mol. The number of hydrogen-bond acceptors (Lipinski definition) is 3. The maximum atomic E-state index is 8.90. The highest BCUT2D eigenvalue weighted by Gasteiger charge is 2.07. The number of imidazole rings is 1. The number of hydrogen-bond donors (Lipinski definition) is 0. The number of rotatable bonds is 2. The Bertz CT molecular complexity index is 717. The van der Waals surface area contributed by atoms with Crippen LogP contribution in [0.2, 0.25) is 0 Å². The van der Waals surface area contributed by atoms with E-state index in [4.69, 9.17) is 5.26 Å². The lowest BCUT2D eigenvalue weighted by atomic mass is 10.0. The van der Waals surface area contributed by atoms with Crippen molar-refractivity contribution in [1.82, 2.24) is 14.4 Å². The van der Waals surface area contributed by atoms with E-state index in [1.807, 2.05) is 54.0 Å². The molecule has 92 valence electrons. The predicted molar refractivity (Wildman–Crippen MR) is 72.5 cm³/mol. The molecule has 0 amide bonds. The number of fused-ring (bicyclic) bond motifs is 1. The summed E-state index contributed by atoms with van der Waals surface area (Å²) < 4.78 is 1.89. The Morgan fingerprint density at radius 2 is 2.05 bits per heavy atom. The van der Waals surface area contributed by atoms with Crippen LogP contribution < -0.4 is 0 Å². The molecule has 0 aliphatic heterocycles. The molecule has 0 radical (unpaired) electrons. The molecule has 4 nitrogen and oxygen atoms in total. The average molecular weight is 248 g/mol. The van der Waals surface area contributed by atoms with Crippen molar-refractivity contribution in [2.45, 2.75) is 12.8 Å². The van der Waals surface area contributed by atoms with Crippen LogP contribution in [-0.4, -0.2) is 14.4 Å². The molecule has 0 bridgehead atoms. The summed E-state index contributed by atoms with van der Waals surface area (Å²) in [5, 5.41) is 8.90. The SMILES string of the molecule is CC(C#N)c1ccc(-c2cn3cccnc3n2)cc1. The third-order valence-corrected chi connectivity index (χ3v) is 3.14. The van der Waals surface area contributed by atoms with Crippen LogP contribution in [0, 0.1) is 11.3 Å². The van der Waals surface area contributed by atoms with E-state index in [0.29, 0.717) is 5.78 Å². The summed E-state index contributed by atoms with van der Waals surface area (Å²) in [4.78, 5) is 8.66. The maximum Gasteiger partial charge on any atom is 0.234 e. The summed E-state index contributed by atoms with van der Waals surface area (Å²) >= 11 is 0. The lowest BCUT2D eigenvalue weighted by Crippen LogP contribution is -1.88. The molecular formula is C15H12N4. The van der Waals surface area contributed by atoms with Gasteiger partial charge in [-0.3, -0.25) is 4.40 Å².